The molecule has 0 aliphatic carbocycles. The van der Waals surface area contributed by atoms with Crippen molar-refractivity contribution in [2.24, 2.45) is 0 Å². The zero-order valence-electron chi connectivity index (χ0n) is 11.1. The van der Waals surface area contributed by atoms with Gasteiger partial charge in [0.05, 0.1) is 7.11 Å². The molecule has 1 aliphatic rings. The lowest BCUT2D eigenvalue weighted by Gasteiger charge is -2.28. The first-order valence-electron chi connectivity index (χ1n) is 6.49. The Kier molecular flexibility index (Phi) is 4.58. The number of nitrogens with zero attached hydrogens (tertiary/aromatic N) is 3. The van der Waals surface area contributed by atoms with E-state index in [9.17, 15) is 0 Å². The van der Waals surface area contributed by atoms with E-state index in [-0.39, 0.29) is 0 Å². The Labute approximate surface area is 108 Å². The van der Waals surface area contributed by atoms with Crippen molar-refractivity contribution in [2.45, 2.75) is 26.2 Å². The fourth-order valence-electron chi connectivity index (χ4n) is 2.10. The third-order valence-corrected chi connectivity index (χ3v) is 2.97. The van der Waals surface area contributed by atoms with Crippen LogP contribution in [-0.2, 0) is 0 Å². The molecular weight excluding hydrogens is 230 g/mol. The lowest BCUT2D eigenvalue weighted by atomic mass is 10.2. The van der Waals surface area contributed by atoms with E-state index in [4.69, 9.17) is 4.74 Å². The van der Waals surface area contributed by atoms with Gasteiger partial charge in [0, 0.05) is 19.6 Å². The molecule has 100 valence electrons. The predicted octanol–water partition coefficient (Wildman–Crippen LogP) is 1.73. The first kappa shape index (κ1) is 12.9. The van der Waals surface area contributed by atoms with Crippen LogP contribution in [0.4, 0.5) is 11.6 Å². The second-order valence-electron chi connectivity index (χ2n) is 4.29. The highest BCUT2D eigenvalue weighted by Crippen LogP contribution is 2.29. The van der Waals surface area contributed by atoms with Gasteiger partial charge in [0.25, 0.3) is 0 Å². The van der Waals surface area contributed by atoms with Gasteiger partial charge in [-0.05, 0) is 19.8 Å². The van der Waals surface area contributed by atoms with Crippen LogP contribution in [-0.4, -0.2) is 41.7 Å². The molecule has 0 atom stereocenters. The summed E-state index contributed by atoms with van der Waals surface area (Å²) in [6, 6.07) is 0. The smallest absolute Gasteiger partial charge is 0.205 e. The highest BCUT2D eigenvalue weighted by molar-refractivity contribution is 5.63. The maximum Gasteiger partial charge on any atom is 0.205 e. The van der Waals surface area contributed by atoms with Crippen molar-refractivity contribution < 1.29 is 4.74 Å². The minimum absolute atomic E-state index is 0.671. The van der Waals surface area contributed by atoms with Crippen molar-refractivity contribution in [3.63, 3.8) is 0 Å². The number of aromatic nitrogens is 2. The molecule has 0 amide bonds. The molecular formula is C12H21N5O. The molecule has 1 fully saturated rings. The van der Waals surface area contributed by atoms with Crippen molar-refractivity contribution in [1.82, 2.24) is 15.0 Å². The lowest BCUT2D eigenvalue weighted by Crippen LogP contribution is -2.35. The number of hydrogen-bond acceptors (Lipinski definition) is 6. The zero-order valence-corrected chi connectivity index (χ0v) is 11.1. The van der Waals surface area contributed by atoms with Gasteiger partial charge >= 0.3 is 0 Å². The van der Waals surface area contributed by atoms with Gasteiger partial charge in [-0.15, -0.1) is 0 Å². The quantitative estimate of drug-likeness (QED) is 0.831. The molecule has 1 aromatic rings. The summed E-state index contributed by atoms with van der Waals surface area (Å²) in [7, 11) is 1.64. The van der Waals surface area contributed by atoms with E-state index >= 15 is 0 Å². The Morgan fingerprint density at radius 2 is 1.94 bits per heavy atom. The molecule has 1 saturated heterocycles. The van der Waals surface area contributed by atoms with E-state index in [1.165, 1.54) is 19.3 Å². The van der Waals surface area contributed by atoms with Crippen molar-refractivity contribution >= 4 is 11.6 Å². The SMILES string of the molecule is CCNc1ncnc(NN2CCCCC2)c1OC. The molecule has 0 spiro atoms. The molecule has 1 aromatic heterocycles. The van der Waals surface area contributed by atoms with Crippen LogP contribution in [0.25, 0.3) is 0 Å². The minimum atomic E-state index is 0.671. The Hall–Kier alpha value is -1.56. The topological polar surface area (TPSA) is 62.3 Å². The minimum Gasteiger partial charge on any atom is -0.490 e. The average Bonchev–Trinajstić information content (AvgIpc) is 2.41. The van der Waals surface area contributed by atoms with Gasteiger partial charge in [-0.2, -0.15) is 0 Å². The fourth-order valence-corrected chi connectivity index (χ4v) is 2.10. The number of rotatable bonds is 5. The van der Waals surface area contributed by atoms with Crippen LogP contribution in [0.5, 0.6) is 5.75 Å². The first-order chi connectivity index (χ1) is 8.85. The zero-order chi connectivity index (χ0) is 12.8. The second kappa shape index (κ2) is 6.39. The number of piperidine rings is 1. The summed E-state index contributed by atoms with van der Waals surface area (Å²) in [5.41, 5.74) is 3.32. The third kappa shape index (κ3) is 3.01. The summed E-state index contributed by atoms with van der Waals surface area (Å²) in [5.74, 6) is 2.13. The number of ether oxygens (including phenoxy) is 1. The summed E-state index contributed by atoms with van der Waals surface area (Å²) in [6.45, 7) is 4.92. The van der Waals surface area contributed by atoms with Crippen LogP contribution in [0.3, 0.4) is 0 Å². The lowest BCUT2D eigenvalue weighted by molar-refractivity contribution is 0.270. The fraction of sp³-hybridized carbons (Fsp3) is 0.667. The third-order valence-electron chi connectivity index (χ3n) is 2.97. The number of methoxy groups -OCH3 is 1. The Bertz CT molecular complexity index is 379. The standard InChI is InChI=1S/C12H21N5O/c1-3-13-11-10(18-2)12(15-9-14-11)16-17-7-5-4-6-8-17/h9H,3-8H2,1-2H3,(H2,13,14,15,16). The number of nitrogens with one attached hydrogen (secondary N) is 2. The maximum absolute atomic E-state index is 5.39. The van der Waals surface area contributed by atoms with E-state index in [0.29, 0.717) is 5.75 Å². The van der Waals surface area contributed by atoms with Crippen LogP contribution in [0.1, 0.15) is 26.2 Å². The van der Waals surface area contributed by atoms with Gasteiger partial charge < -0.3 is 10.1 Å². The molecule has 0 saturated carbocycles. The molecule has 2 heterocycles. The van der Waals surface area contributed by atoms with Gasteiger partial charge in [0.1, 0.15) is 6.33 Å². The van der Waals surface area contributed by atoms with Crippen molar-refractivity contribution in [3.05, 3.63) is 6.33 Å². The molecule has 0 radical (unpaired) electrons. The summed E-state index contributed by atoms with van der Waals surface area (Å²) < 4.78 is 5.39. The largest absolute Gasteiger partial charge is 0.490 e. The van der Waals surface area contributed by atoms with Crippen LogP contribution >= 0.6 is 0 Å². The molecule has 6 nitrogen and oxygen atoms in total. The van der Waals surface area contributed by atoms with Gasteiger partial charge in [-0.1, -0.05) is 6.42 Å². The van der Waals surface area contributed by atoms with Crippen LogP contribution < -0.4 is 15.5 Å². The van der Waals surface area contributed by atoms with Gasteiger partial charge in [-0.25, -0.2) is 15.0 Å². The number of hydrogen-bond donors (Lipinski definition) is 2. The molecule has 0 bridgehead atoms. The van der Waals surface area contributed by atoms with Gasteiger partial charge in [0.15, 0.2) is 11.6 Å². The van der Waals surface area contributed by atoms with Crippen LogP contribution in [0, 0.1) is 0 Å². The first-order valence-corrected chi connectivity index (χ1v) is 6.49. The highest BCUT2D eigenvalue weighted by atomic mass is 16.5. The summed E-state index contributed by atoms with van der Waals surface area (Å²) in [6.07, 6.45) is 5.30. The molecule has 6 heteroatoms. The molecule has 0 aromatic carbocycles. The van der Waals surface area contributed by atoms with Crippen molar-refractivity contribution in [2.75, 3.05) is 37.5 Å². The number of anilines is 2. The van der Waals surface area contributed by atoms with Crippen molar-refractivity contribution in [3.8, 4) is 5.75 Å². The molecule has 2 N–H and O–H groups in total. The maximum atomic E-state index is 5.39. The van der Waals surface area contributed by atoms with E-state index in [1.807, 2.05) is 6.92 Å². The van der Waals surface area contributed by atoms with Crippen molar-refractivity contribution in [1.29, 1.82) is 0 Å². The summed E-state index contributed by atoms with van der Waals surface area (Å²) in [5, 5.41) is 5.35. The molecule has 0 unspecified atom stereocenters. The van der Waals surface area contributed by atoms with E-state index in [2.05, 4.69) is 25.7 Å². The molecule has 2 rings (SSSR count). The van der Waals surface area contributed by atoms with Crippen LogP contribution in [0.15, 0.2) is 6.33 Å². The van der Waals surface area contributed by atoms with Crippen LogP contribution in [0.2, 0.25) is 0 Å². The average molecular weight is 251 g/mol. The summed E-state index contributed by atoms with van der Waals surface area (Å²) >= 11 is 0. The van der Waals surface area contributed by atoms with E-state index in [1.54, 1.807) is 13.4 Å². The Balaban J connectivity index is 2.12. The molecule has 1 aliphatic heterocycles. The predicted molar refractivity (Wildman–Crippen MR) is 71.8 cm³/mol. The van der Waals surface area contributed by atoms with Gasteiger partial charge in [0.2, 0.25) is 5.75 Å². The monoisotopic (exact) mass is 251 g/mol. The van der Waals surface area contributed by atoms with E-state index < -0.39 is 0 Å². The van der Waals surface area contributed by atoms with Gasteiger partial charge in [-0.3, -0.25) is 5.43 Å². The Morgan fingerprint density at radius 1 is 1.22 bits per heavy atom. The highest BCUT2D eigenvalue weighted by Gasteiger charge is 2.15. The normalized spacial score (nSPS) is 16.3. The summed E-state index contributed by atoms with van der Waals surface area (Å²) in [4.78, 5) is 8.44. The number of hydrazine groups is 1. The molecule has 18 heavy (non-hydrogen) atoms. The van der Waals surface area contributed by atoms with E-state index in [0.717, 1.165) is 31.3 Å². The second-order valence-corrected chi connectivity index (χ2v) is 4.29. The Morgan fingerprint density at radius 3 is 2.61 bits per heavy atom.